The summed E-state index contributed by atoms with van der Waals surface area (Å²) < 4.78 is 29.4. The fourth-order valence-electron chi connectivity index (χ4n) is 2.79. The molecule has 0 aliphatic carbocycles. The maximum Gasteiger partial charge on any atom is 0.303 e. The summed E-state index contributed by atoms with van der Waals surface area (Å²) in [6, 6.07) is 0. The minimum absolute atomic E-state index is 0.470. The third kappa shape index (κ3) is 7.67. The van der Waals surface area contributed by atoms with Crippen molar-refractivity contribution < 1.29 is 47.6 Å². The first kappa shape index (κ1) is 27.2. The number of hydrogen-bond acceptors (Lipinski definition) is 11. The number of alkyl halides is 3. The third-order valence-corrected chi connectivity index (χ3v) is 4.40. The molecule has 0 saturated carbocycles. The zero-order valence-corrected chi connectivity index (χ0v) is 19.5. The molecule has 0 aromatic heterocycles. The highest BCUT2D eigenvalue weighted by Crippen LogP contribution is 2.39. The van der Waals surface area contributed by atoms with Crippen LogP contribution >= 0.6 is 34.8 Å². The molecule has 0 unspecified atom stereocenters. The average molecular weight is 507 g/mol. The molecule has 1 saturated heterocycles. The van der Waals surface area contributed by atoms with Crippen molar-refractivity contribution >= 4 is 64.6 Å². The van der Waals surface area contributed by atoms with Gasteiger partial charge >= 0.3 is 23.9 Å². The number of nitrogens with one attached hydrogen (secondary N) is 1. The summed E-state index contributed by atoms with van der Waals surface area (Å²) in [7, 11) is 0. The number of carbonyl (C=O) groups is 4. The molecule has 11 nitrogen and oxygen atoms in total. The Morgan fingerprint density at radius 2 is 1.48 bits per heavy atom. The van der Waals surface area contributed by atoms with Crippen LogP contribution in [-0.2, 0) is 47.6 Å². The molecule has 1 heterocycles. The minimum atomic E-state index is -2.31. The highest BCUT2D eigenvalue weighted by molar-refractivity contribution is 6.76. The van der Waals surface area contributed by atoms with Crippen LogP contribution in [0.15, 0.2) is 0 Å². The number of carbonyl (C=O) groups excluding carboxylic acids is 4. The molecular formula is C17H22Cl3NO10. The lowest BCUT2D eigenvalue weighted by Crippen LogP contribution is -2.69. The number of hydrogen-bond donors (Lipinski definition) is 1. The first-order valence-electron chi connectivity index (χ1n) is 8.73. The van der Waals surface area contributed by atoms with E-state index in [0.29, 0.717) is 0 Å². The Bertz CT molecular complexity index is 740. The van der Waals surface area contributed by atoms with Gasteiger partial charge in [-0.1, -0.05) is 34.8 Å². The second-order valence-corrected chi connectivity index (χ2v) is 8.92. The Balaban J connectivity index is 3.52. The van der Waals surface area contributed by atoms with Crippen LogP contribution in [-0.4, -0.2) is 70.4 Å². The lowest BCUT2D eigenvalue weighted by Gasteiger charge is -2.49. The van der Waals surface area contributed by atoms with Gasteiger partial charge in [-0.05, 0) is 6.92 Å². The van der Waals surface area contributed by atoms with Crippen LogP contribution in [0.4, 0.5) is 0 Å². The predicted molar refractivity (Wildman–Crippen MR) is 106 cm³/mol. The van der Waals surface area contributed by atoms with Crippen molar-refractivity contribution in [2.24, 2.45) is 0 Å². The Hall–Kier alpha value is -1.82. The van der Waals surface area contributed by atoms with E-state index >= 15 is 0 Å². The van der Waals surface area contributed by atoms with E-state index in [1.54, 1.807) is 0 Å². The highest BCUT2D eigenvalue weighted by atomic mass is 35.6. The highest BCUT2D eigenvalue weighted by Gasteiger charge is 2.62. The van der Waals surface area contributed by atoms with Crippen LogP contribution in [0.3, 0.4) is 0 Å². The SMILES string of the molecule is CC(=O)OC[C@H]1O[C@H](OC(=N)C(Cl)(Cl)Cl)[C@@](C)(OC(C)=O)[C@@H](OC(C)=O)[C@@H]1OC(C)=O. The Kier molecular flexibility index (Phi) is 9.36. The average Bonchev–Trinajstić information content (AvgIpc) is 2.57. The summed E-state index contributed by atoms with van der Waals surface area (Å²) in [5.74, 6) is -4.06. The van der Waals surface area contributed by atoms with Crippen molar-refractivity contribution in [3.63, 3.8) is 0 Å². The van der Waals surface area contributed by atoms with Crippen molar-refractivity contribution in [2.75, 3.05) is 6.61 Å². The van der Waals surface area contributed by atoms with Gasteiger partial charge < -0.3 is 28.4 Å². The molecule has 1 N–H and O–H groups in total. The Labute approximate surface area is 192 Å². The zero-order chi connectivity index (χ0) is 24.1. The van der Waals surface area contributed by atoms with Gasteiger partial charge in [0.1, 0.15) is 12.7 Å². The summed E-state index contributed by atoms with van der Waals surface area (Å²) in [6.45, 7) is 5.10. The van der Waals surface area contributed by atoms with E-state index in [0.717, 1.165) is 27.7 Å². The van der Waals surface area contributed by atoms with Gasteiger partial charge in [-0.15, -0.1) is 0 Å². The van der Waals surface area contributed by atoms with Crippen molar-refractivity contribution in [3.8, 4) is 0 Å². The lowest BCUT2D eigenvalue weighted by atomic mass is 9.87. The van der Waals surface area contributed by atoms with Gasteiger partial charge in [0, 0.05) is 27.7 Å². The smallest absolute Gasteiger partial charge is 0.303 e. The standard InChI is InChI=1S/C17H22Cl3NO10/c1-7(22)26-6-11-12(27-8(2)23)13(28-9(3)24)16(5,31-10(4)25)15(29-11)30-14(21)17(18,19)20/h11-13,15,21H,6H2,1-5H3/t11-,12-,13+,15-,16+/m1/s1. The molecule has 14 heteroatoms. The zero-order valence-electron chi connectivity index (χ0n) is 17.2. The van der Waals surface area contributed by atoms with E-state index in [1.165, 1.54) is 6.92 Å². The van der Waals surface area contributed by atoms with Crippen LogP contribution in [0, 0.1) is 5.41 Å². The van der Waals surface area contributed by atoms with Gasteiger partial charge in [0.05, 0.1) is 0 Å². The van der Waals surface area contributed by atoms with Crippen molar-refractivity contribution in [3.05, 3.63) is 0 Å². The third-order valence-electron chi connectivity index (χ3n) is 3.89. The normalized spacial score (nSPS) is 28.1. The summed E-state index contributed by atoms with van der Waals surface area (Å²) in [4.78, 5) is 46.6. The summed E-state index contributed by atoms with van der Waals surface area (Å²) >= 11 is 17.0. The van der Waals surface area contributed by atoms with Gasteiger partial charge in [0.15, 0.2) is 12.2 Å². The Morgan fingerprint density at radius 1 is 0.935 bits per heavy atom. The van der Waals surface area contributed by atoms with Gasteiger partial charge in [0.2, 0.25) is 17.8 Å². The van der Waals surface area contributed by atoms with Crippen LogP contribution in [0.5, 0.6) is 0 Å². The molecule has 0 radical (unpaired) electrons. The molecule has 176 valence electrons. The van der Waals surface area contributed by atoms with E-state index in [2.05, 4.69) is 0 Å². The van der Waals surface area contributed by atoms with Crippen LogP contribution < -0.4 is 0 Å². The quantitative estimate of drug-likeness (QED) is 0.186. The minimum Gasteiger partial charge on any atom is -0.463 e. The molecule has 1 fully saturated rings. The molecule has 0 aromatic carbocycles. The van der Waals surface area contributed by atoms with Crippen LogP contribution in [0.25, 0.3) is 0 Å². The maximum atomic E-state index is 11.8. The first-order valence-corrected chi connectivity index (χ1v) is 9.86. The van der Waals surface area contributed by atoms with E-state index in [9.17, 15) is 19.2 Å². The molecule has 1 aliphatic rings. The number of ether oxygens (including phenoxy) is 6. The molecule has 1 rings (SSSR count). The summed E-state index contributed by atoms with van der Waals surface area (Å²) in [5.41, 5.74) is -1.98. The number of esters is 4. The summed E-state index contributed by atoms with van der Waals surface area (Å²) in [6.07, 6.45) is -5.88. The van der Waals surface area contributed by atoms with Crippen molar-refractivity contribution in [1.29, 1.82) is 5.41 Å². The van der Waals surface area contributed by atoms with Crippen LogP contribution in [0.1, 0.15) is 34.6 Å². The van der Waals surface area contributed by atoms with E-state index in [1.807, 2.05) is 0 Å². The first-order chi connectivity index (χ1) is 14.1. The molecule has 31 heavy (non-hydrogen) atoms. The van der Waals surface area contributed by atoms with Gasteiger partial charge in [-0.3, -0.25) is 24.6 Å². The fourth-order valence-corrected chi connectivity index (χ4v) is 2.92. The fraction of sp³-hybridized carbons (Fsp3) is 0.706. The largest absolute Gasteiger partial charge is 0.463 e. The molecule has 0 aromatic rings. The van der Waals surface area contributed by atoms with Gasteiger partial charge in [-0.2, -0.15) is 0 Å². The molecule has 5 atom stereocenters. The second-order valence-electron chi connectivity index (χ2n) is 6.64. The molecule has 1 aliphatic heterocycles. The molecular weight excluding hydrogens is 485 g/mol. The number of halogens is 3. The molecule has 0 amide bonds. The van der Waals surface area contributed by atoms with E-state index < -0.39 is 70.4 Å². The number of rotatable bonds is 6. The van der Waals surface area contributed by atoms with E-state index in [4.69, 9.17) is 68.6 Å². The summed E-state index contributed by atoms with van der Waals surface area (Å²) in [5, 5.41) is 7.83. The lowest BCUT2D eigenvalue weighted by molar-refractivity contribution is -0.325. The monoisotopic (exact) mass is 505 g/mol. The second kappa shape index (κ2) is 10.7. The van der Waals surface area contributed by atoms with Crippen molar-refractivity contribution in [2.45, 2.75) is 68.6 Å². The molecule has 0 spiro atoms. The van der Waals surface area contributed by atoms with Gasteiger partial charge in [0.25, 0.3) is 3.79 Å². The molecule has 0 bridgehead atoms. The predicted octanol–water partition coefficient (Wildman–Crippen LogP) is 1.82. The topological polar surface area (TPSA) is 148 Å². The van der Waals surface area contributed by atoms with Crippen LogP contribution in [0.2, 0.25) is 0 Å². The maximum absolute atomic E-state index is 11.8. The van der Waals surface area contributed by atoms with Gasteiger partial charge in [-0.25, -0.2) is 0 Å². The van der Waals surface area contributed by atoms with E-state index in [-0.39, 0.29) is 0 Å². The Morgan fingerprint density at radius 3 is 1.90 bits per heavy atom. The van der Waals surface area contributed by atoms with Crippen molar-refractivity contribution in [1.82, 2.24) is 0 Å².